The number of halogens is 1. The second kappa shape index (κ2) is 6.43. The standard InChI is InChI=1S/C16H20BrN3O/c1-5-13-9-14(20(6-2)19-13)16(21)18-15-10(3)7-12(17)8-11(15)4/h7-9H,5-6H2,1-4H3,(H,18,21). The van der Waals surface area contributed by atoms with Gasteiger partial charge in [-0.1, -0.05) is 22.9 Å². The van der Waals surface area contributed by atoms with Gasteiger partial charge < -0.3 is 5.32 Å². The molecule has 21 heavy (non-hydrogen) atoms. The number of carbonyl (C=O) groups excluding carboxylic acids is 1. The van der Waals surface area contributed by atoms with Gasteiger partial charge in [0.1, 0.15) is 5.69 Å². The van der Waals surface area contributed by atoms with Crippen LogP contribution in [0.2, 0.25) is 0 Å². The maximum Gasteiger partial charge on any atom is 0.273 e. The molecule has 0 aliphatic rings. The number of aromatic nitrogens is 2. The van der Waals surface area contributed by atoms with Crippen LogP contribution in [-0.2, 0) is 13.0 Å². The average molecular weight is 350 g/mol. The Kier molecular flexibility index (Phi) is 4.83. The van der Waals surface area contributed by atoms with Crippen molar-refractivity contribution < 1.29 is 4.79 Å². The van der Waals surface area contributed by atoms with Crippen molar-refractivity contribution in [1.82, 2.24) is 9.78 Å². The third-order valence-electron chi connectivity index (χ3n) is 3.46. The van der Waals surface area contributed by atoms with Crippen molar-refractivity contribution >= 4 is 27.5 Å². The topological polar surface area (TPSA) is 46.9 Å². The van der Waals surface area contributed by atoms with Crippen molar-refractivity contribution in [3.63, 3.8) is 0 Å². The van der Waals surface area contributed by atoms with Gasteiger partial charge in [-0.15, -0.1) is 0 Å². The molecule has 0 fully saturated rings. The minimum atomic E-state index is -0.113. The van der Waals surface area contributed by atoms with Gasteiger partial charge in [-0.25, -0.2) is 0 Å². The summed E-state index contributed by atoms with van der Waals surface area (Å²) in [5.74, 6) is -0.113. The van der Waals surface area contributed by atoms with E-state index in [-0.39, 0.29) is 5.91 Å². The zero-order chi connectivity index (χ0) is 15.6. The summed E-state index contributed by atoms with van der Waals surface area (Å²) in [5, 5.41) is 7.43. The highest BCUT2D eigenvalue weighted by Gasteiger charge is 2.16. The molecule has 112 valence electrons. The predicted octanol–water partition coefficient (Wildman–Crippen LogP) is 4.10. The van der Waals surface area contributed by atoms with E-state index in [2.05, 4.69) is 26.3 Å². The third kappa shape index (κ3) is 3.35. The second-order valence-electron chi connectivity index (χ2n) is 5.06. The van der Waals surface area contributed by atoms with Crippen molar-refractivity contribution in [3.8, 4) is 0 Å². The Hall–Kier alpha value is -1.62. The van der Waals surface area contributed by atoms with Crippen LogP contribution in [-0.4, -0.2) is 15.7 Å². The van der Waals surface area contributed by atoms with Crippen LogP contribution in [0.25, 0.3) is 0 Å². The van der Waals surface area contributed by atoms with Crippen LogP contribution in [0.5, 0.6) is 0 Å². The van der Waals surface area contributed by atoms with Crippen LogP contribution in [0.1, 0.15) is 41.2 Å². The smallest absolute Gasteiger partial charge is 0.273 e. The van der Waals surface area contributed by atoms with Gasteiger partial charge in [0.25, 0.3) is 5.91 Å². The first-order chi connectivity index (χ1) is 9.96. The van der Waals surface area contributed by atoms with E-state index in [4.69, 9.17) is 0 Å². The molecule has 4 nitrogen and oxygen atoms in total. The molecule has 5 heteroatoms. The number of nitrogens with one attached hydrogen (secondary N) is 1. The number of rotatable bonds is 4. The lowest BCUT2D eigenvalue weighted by atomic mass is 10.1. The Morgan fingerprint density at radius 3 is 2.38 bits per heavy atom. The lowest BCUT2D eigenvalue weighted by molar-refractivity contribution is 0.101. The Balaban J connectivity index is 2.32. The van der Waals surface area contributed by atoms with E-state index in [0.717, 1.165) is 33.4 Å². The Morgan fingerprint density at radius 1 is 1.24 bits per heavy atom. The fourth-order valence-corrected chi connectivity index (χ4v) is 3.04. The second-order valence-corrected chi connectivity index (χ2v) is 5.97. The molecule has 0 atom stereocenters. The molecule has 0 unspecified atom stereocenters. The third-order valence-corrected chi connectivity index (χ3v) is 3.92. The highest BCUT2D eigenvalue weighted by atomic mass is 79.9. The highest BCUT2D eigenvalue weighted by molar-refractivity contribution is 9.10. The number of anilines is 1. The summed E-state index contributed by atoms with van der Waals surface area (Å²) in [4.78, 5) is 12.5. The van der Waals surface area contributed by atoms with E-state index in [1.807, 2.05) is 45.9 Å². The summed E-state index contributed by atoms with van der Waals surface area (Å²) in [6, 6.07) is 5.86. The summed E-state index contributed by atoms with van der Waals surface area (Å²) >= 11 is 3.47. The average Bonchev–Trinajstić information content (AvgIpc) is 2.86. The van der Waals surface area contributed by atoms with E-state index in [0.29, 0.717) is 12.2 Å². The molecule has 0 spiro atoms. The van der Waals surface area contributed by atoms with Crippen molar-refractivity contribution in [2.24, 2.45) is 0 Å². The Labute approximate surface area is 133 Å². The normalized spacial score (nSPS) is 10.7. The van der Waals surface area contributed by atoms with Gasteiger partial charge in [0, 0.05) is 16.7 Å². The molecule has 1 N–H and O–H groups in total. The molecule has 2 aromatic rings. The lowest BCUT2D eigenvalue weighted by Crippen LogP contribution is -2.18. The molecule has 0 radical (unpaired) electrons. The number of hydrogen-bond acceptors (Lipinski definition) is 2. The molecule has 0 saturated carbocycles. The van der Waals surface area contributed by atoms with E-state index in [1.54, 1.807) is 4.68 Å². The lowest BCUT2D eigenvalue weighted by Gasteiger charge is -2.12. The molecule has 1 heterocycles. The minimum Gasteiger partial charge on any atom is -0.320 e. The molecular formula is C16H20BrN3O. The van der Waals surface area contributed by atoms with Crippen molar-refractivity contribution in [1.29, 1.82) is 0 Å². The Bertz CT molecular complexity index is 653. The maximum absolute atomic E-state index is 12.5. The zero-order valence-electron chi connectivity index (χ0n) is 12.8. The van der Waals surface area contributed by atoms with Gasteiger partial charge in [0.05, 0.1) is 5.69 Å². The number of carbonyl (C=O) groups is 1. The first-order valence-corrected chi connectivity index (χ1v) is 7.90. The summed E-state index contributed by atoms with van der Waals surface area (Å²) < 4.78 is 2.76. The predicted molar refractivity (Wildman–Crippen MR) is 88.8 cm³/mol. The van der Waals surface area contributed by atoms with Crippen LogP contribution >= 0.6 is 15.9 Å². The quantitative estimate of drug-likeness (QED) is 0.903. The van der Waals surface area contributed by atoms with Crippen LogP contribution in [0.3, 0.4) is 0 Å². The summed E-state index contributed by atoms with van der Waals surface area (Å²) in [7, 11) is 0. The SMILES string of the molecule is CCc1cc(C(=O)Nc2c(C)cc(Br)cc2C)n(CC)n1. The number of nitrogens with zero attached hydrogens (tertiary/aromatic N) is 2. The van der Waals surface area contributed by atoms with E-state index < -0.39 is 0 Å². The molecular weight excluding hydrogens is 330 g/mol. The van der Waals surface area contributed by atoms with E-state index >= 15 is 0 Å². The number of aryl methyl sites for hydroxylation is 4. The first kappa shape index (κ1) is 15.8. The van der Waals surface area contributed by atoms with Crippen molar-refractivity contribution in [3.05, 3.63) is 45.2 Å². The zero-order valence-corrected chi connectivity index (χ0v) is 14.4. The molecule has 1 amide bonds. The minimum absolute atomic E-state index is 0.113. The van der Waals surface area contributed by atoms with Crippen LogP contribution in [0, 0.1) is 13.8 Å². The number of amides is 1. The van der Waals surface area contributed by atoms with Crippen molar-refractivity contribution in [2.75, 3.05) is 5.32 Å². The summed E-state index contributed by atoms with van der Waals surface area (Å²) in [6.45, 7) is 8.68. The molecule has 0 aliphatic carbocycles. The molecule has 1 aromatic carbocycles. The number of benzene rings is 1. The van der Waals surface area contributed by atoms with Gasteiger partial charge >= 0.3 is 0 Å². The Morgan fingerprint density at radius 2 is 1.86 bits per heavy atom. The molecule has 2 rings (SSSR count). The maximum atomic E-state index is 12.5. The first-order valence-electron chi connectivity index (χ1n) is 7.11. The van der Waals surface area contributed by atoms with Crippen LogP contribution in [0.15, 0.2) is 22.7 Å². The summed E-state index contributed by atoms with van der Waals surface area (Å²) in [6.07, 6.45) is 0.823. The van der Waals surface area contributed by atoms with Gasteiger partial charge in [0.2, 0.25) is 0 Å². The van der Waals surface area contributed by atoms with Gasteiger partial charge in [0.15, 0.2) is 0 Å². The van der Waals surface area contributed by atoms with E-state index in [9.17, 15) is 4.79 Å². The van der Waals surface area contributed by atoms with Crippen molar-refractivity contribution in [2.45, 2.75) is 40.7 Å². The highest BCUT2D eigenvalue weighted by Crippen LogP contribution is 2.25. The number of hydrogen-bond donors (Lipinski definition) is 1. The largest absolute Gasteiger partial charge is 0.320 e. The summed E-state index contributed by atoms with van der Waals surface area (Å²) in [5.41, 5.74) is 4.48. The fraction of sp³-hybridized carbons (Fsp3) is 0.375. The van der Waals surface area contributed by atoms with Gasteiger partial charge in [-0.3, -0.25) is 9.48 Å². The van der Waals surface area contributed by atoms with Gasteiger partial charge in [-0.05, 0) is 56.5 Å². The molecule has 1 aromatic heterocycles. The fourth-order valence-electron chi connectivity index (χ4n) is 2.35. The van der Waals surface area contributed by atoms with E-state index in [1.165, 1.54) is 0 Å². The molecule has 0 aliphatic heterocycles. The molecule has 0 saturated heterocycles. The van der Waals surface area contributed by atoms with Crippen LogP contribution in [0.4, 0.5) is 5.69 Å². The monoisotopic (exact) mass is 349 g/mol. The molecule has 0 bridgehead atoms. The van der Waals surface area contributed by atoms with Crippen LogP contribution < -0.4 is 5.32 Å². The van der Waals surface area contributed by atoms with Gasteiger partial charge in [-0.2, -0.15) is 5.10 Å².